The molecule has 0 fully saturated rings. The van der Waals surface area contributed by atoms with Crippen molar-refractivity contribution >= 4 is 28.3 Å². The van der Waals surface area contributed by atoms with E-state index >= 15 is 0 Å². The molecule has 30 heavy (non-hydrogen) atoms. The summed E-state index contributed by atoms with van der Waals surface area (Å²) in [5.41, 5.74) is 4.12. The molecule has 0 saturated carbocycles. The maximum Gasteiger partial charge on any atom is 0.285 e. The molecule has 5 rings (SSSR count). The largest absolute Gasteiger partial charge is 0.285 e. The van der Waals surface area contributed by atoms with E-state index in [-0.39, 0.29) is 16.1 Å². The van der Waals surface area contributed by atoms with Crippen LogP contribution in [0.15, 0.2) is 65.6 Å². The van der Waals surface area contributed by atoms with Crippen molar-refractivity contribution in [2.45, 2.75) is 13.3 Å². The average molecular weight is 420 g/mol. The fraction of sp³-hybridized carbons (Fsp3) is 0.0909. The van der Waals surface area contributed by atoms with E-state index in [1.165, 1.54) is 22.8 Å². The second-order valence-corrected chi connectivity index (χ2v) is 7.21. The smallest absolute Gasteiger partial charge is 0.282 e. The number of aryl methyl sites for hydroxylation is 1. The van der Waals surface area contributed by atoms with Crippen LogP contribution in [0.4, 0.5) is 4.39 Å². The SMILES string of the molecule is CCc1nn2c(nnc3c(=O)n(-c4ccc(F)c(Cl)c4)ccc32)c1-c1ccccc1. The lowest BCUT2D eigenvalue weighted by Crippen LogP contribution is -2.20. The van der Waals surface area contributed by atoms with Gasteiger partial charge in [0, 0.05) is 6.20 Å². The lowest BCUT2D eigenvalue weighted by molar-refractivity contribution is 0.627. The Bertz CT molecular complexity index is 1480. The van der Waals surface area contributed by atoms with E-state index < -0.39 is 5.82 Å². The molecule has 0 aliphatic rings. The van der Waals surface area contributed by atoms with Crippen molar-refractivity contribution in [2.75, 3.05) is 0 Å². The topological polar surface area (TPSA) is 65.1 Å². The number of benzene rings is 2. The van der Waals surface area contributed by atoms with Gasteiger partial charge in [-0.25, -0.2) is 8.91 Å². The van der Waals surface area contributed by atoms with Gasteiger partial charge in [0.2, 0.25) is 0 Å². The molecule has 0 bridgehead atoms. The molecule has 148 valence electrons. The molecule has 2 aromatic carbocycles. The molecule has 0 unspecified atom stereocenters. The fourth-order valence-corrected chi connectivity index (χ4v) is 3.75. The highest BCUT2D eigenvalue weighted by Gasteiger charge is 2.19. The van der Waals surface area contributed by atoms with Gasteiger partial charge in [-0.2, -0.15) is 5.10 Å². The van der Waals surface area contributed by atoms with E-state index in [1.54, 1.807) is 16.8 Å². The molecule has 0 saturated heterocycles. The second-order valence-electron chi connectivity index (χ2n) is 6.80. The standard InChI is InChI=1S/C22H15ClFN5O/c1-2-17-19(13-6-4-3-5-7-13)21-26-25-20-18(29(21)27-17)10-11-28(22(20)30)14-8-9-16(24)15(23)12-14/h3-12H,2H2,1H3. The van der Waals surface area contributed by atoms with Crippen LogP contribution in [0.25, 0.3) is 33.5 Å². The first-order chi connectivity index (χ1) is 14.6. The molecule has 0 N–H and O–H groups in total. The Morgan fingerprint density at radius 2 is 1.87 bits per heavy atom. The molecule has 0 radical (unpaired) electrons. The second kappa shape index (κ2) is 7.03. The van der Waals surface area contributed by atoms with Crippen LogP contribution in [0.2, 0.25) is 5.02 Å². The molecule has 0 aliphatic heterocycles. The Morgan fingerprint density at radius 1 is 1.07 bits per heavy atom. The predicted octanol–water partition coefficient (Wildman–Crippen LogP) is 4.45. The normalized spacial score (nSPS) is 11.4. The fourth-order valence-electron chi connectivity index (χ4n) is 3.58. The van der Waals surface area contributed by atoms with E-state index in [2.05, 4.69) is 10.2 Å². The summed E-state index contributed by atoms with van der Waals surface area (Å²) < 4.78 is 16.5. The zero-order valence-corrected chi connectivity index (χ0v) is 16.6. The van der Waals surface area contributed by atoms with Crippen molar-refractivity contribution in [2.24, 2.45) is 0 Å². The minimum atomic E-state index is -0.548. The number of nitrogens with zero attached hydrogens (tertiary/aromatic N) is 5. The molecule has 3 aromatic heterocycles. The van der Waals surface area contributed by atoms with Crippen molar-refractivity contribution in [3.05, 3.63) is 87.7 Å². The zero-order valence-electron chi connectivity index (χ0n) is 15.9. The van der Waals surface area contributed by atoms with Gasteiger partial charge in [-0.3, -0.25) is 9.36 Å². The summed E-state index contributed by atoms with van der Waals surface area (Å²) in [5, 5.41) is 13.2. The highest BCUT2D eigenvalue weighted by atomic mass is 35.5. The first kappa shape index (κ1) is 18.4. The number of aromatic nitrogens is 5. The highest BCUT2D eigenvalue weighted by Crippen LogP contribution is 2.28. The van der Waals surface area contributed by atoms with E-state index in [1.807, 2.05) is 37.3 Å². The maximum atomic E-state index is 13.5. The Labute approximate surface area is 175 Å². The van der Waals surface area contributed by atoms with Gasteiger partial charge in [-0.05, 0) is 36.2 Å². The van der Waals surface area contributed by atoms with E-state index in [9.17, 15) is 9.18 Å². The minimum Gasteiger partial charge on any atom is -0.282 e. The number of halogens is 2. The van der Waals surface area contributed by atoms with E-state index in [0.717, 1.165) is 16.8 Å². The number of pyridine rings is 1. The van der Waals surface area contributed by atoms with Crippen molar-refractivity contribution in [1.29, 1.82) is 0 Å². The van der Waals surface area contributed by atoms with Crippen molar-refractivity contribution in [1.82, 2.24) is 24.4 Å². The molecule has 0 spiro atoms. The summed E-state index contributed by atoms with van der Waals surface area (Å²) >= 11 is 5.87. The molecule has 3 heterocycles. The van der Waals surface area contributed by atoms with Crippen LogP contribution in [0, 0.1) is 5.82 Å². The molecule has 8 heteroatoms. The third kappa shape index (κ3) is 2.78. The Kier molecular flexibility index (Phi) is 4.33. The van der Waals surface area contributed by atoms with Crippen molar-refractivity contribution in [3.8, 4) is 16.8 Å². The van der Waals surface area contributed by atoms with Crippen LogP contribution in [0.3, 0.4) is 0 Å². The molecular weight excluding hydrogens is 405 g/mol. The number of hydrogen-bond acceptors (Lipinski definition) is 4. The third-order valence-corrected chi connectivity index (χ3v) is 5.32. The quantitative estimate of drug-likeness (QED) is 0.433. The zero-order chi connectivity index (χ0) is 20.8. The minimum absolute atomic E-state index is 0.0619. The lowest BCUT2D eigenvalue weighted by Gasteiger charge is -2.08. The van der Waals surface area contributed by atoms with Gasteiger partial charge in [0.25, 0.3) is 5.56 Å². The van der Waals surface area contributed by atoms with Gasteiger partial charge in [-0.15, -0.1) is 10.2 Å². The van der Waals surface area contributed by atoms with Gasteiger partial charge < -0.3 is 0 Å². The van der Waals surface area contributed by atoms with Crippen LogP contribution in [-0.2, 0) is 6.42 Å². The van der Waals surface area contributed by atoms with Crippen molar-refractivity contribution in [3.63, 3.8) is 0 Å². The van der Waals surface area contributed by atoms with E-state index in [0.29, 0.717) is 23.3 Å². The van der Waals surface area contributed by atoms with Crippen LogP contribution in [0.1, 0.15) is 12.6 Å². The lowest BCUT2D eigenvalue weighted by atomic mass is 10.0. The Hall–Kier alpha value is -3.58. The summed E-state index contributed by atoms with van der Waals surface area (Å²) in [6.45, 7) is 2.02. The number of hydrogen-bond donors (Lipinski definition) is 0. The summed E-state index contributed by atoms with van der Waals surface area (Å²) in [6, 6.07) is 15.7. The predicted molar refractivity (Wildman–Crippen MR) is 114 cm³/mol. The highest BCUT2D eigenvalue weighted by molar-refractivity contribution is 6.30. The van der Waals surface area contributed by atoms with Gasteiger partial charge in [0.15, 0.2) is 11.2 Å². The first-order valence-corrected chi connectivity index (χ1v) is 9.76. The molecular formula is C22H15ClFN5O. The molecule has 0 aliphatic carbocycles. The first-order valence-electron chi connectivity index (χ1n) is 9.39. The third-order valence-electron chi connectivity index (χ3n) is 5.03. The summed E-state index contributed by atoms with van der Waals surface area (Å²) in [7, 11) is 0. The van der Waals surface area contributed by atoms with Crippen molar-refractivity contribution < 1.29 is 4.39 Å². The van der Waals surface area contributed by atoms with Crippen LogP contribution in [-0.4, -0.2) is 24.4 Å². The average Bonchev–Trinajstić information content (AvgIpc) is 3.16. The van der Waals surface area contributed by atoms with Crippen LogP contribution in [0.5, 0.6) is 0 Å². The van der Waals surface area contributed by atoms with Gasteiger partial charge in [0.1, 0.15) is 11.3 Å². The van der Waals surface area contributed by atoms with Crippen LogP contribution < -0.4 is 5.56 Å². The molecule has 5 aromatic rings. The monoisotopic (exact) mass is 419 g/mol. The summed E-state index contributed by atoms with van der Waals surface area (Å²) in [6.07, 6.45) is 2.31. The van der Waals surface area contributed by atoms with Gasteiger partial charge >= 0.3 is 0 Å². The van der Waals surface area contributed by atoms with E-state index in [4.69, 9.17) is 16.7 Å². The van der Waals surface area contributed by atoms with Crippen LogP contribution >= 0.6 is 11.6 Å². The Balaban J connectivity index is 1.78. The summed E-state index contributed by atoms with van der Waals surface area (Å²) in [5.74, 6) is -0.548. The molecule has 0 atom stereocenters. The Morgan fingerprint density at radius 3 is 2.60 bits per heavy atom. The maximum absolute atomic E-state index is 13.5. The van der Waals surface area contributed by atoms with Gasteiger partial charge in [-0.1, -0.05) is 48.9 Å². The number of rotatable bonds is 3. The number of fused-ring (bicyclic) bond motifs is 3. The molecule has 6 nitrogen and oxygen atoms in total. The van der Waals surface area contributed by atoms with Gasteiger partial charge in [0.05, 0.1) is 22.0 Å². The molecule has 0 amide bonds. The summed E-state index contributed by atoms with van der Waals surface area (Å²) in [4.78, 5) is 13.1.